The highest BCUT2D eigenvalue weighted by molar-refractivity contribution is 7.12. The van der Waals surface area contributed by atoms with Crippen molar-refractivity contribution >= 4 is 17.2 Å². The number of hydrogen-bond acceptors (Lipinski definition) is 3. The molecule has 4 heteroatoms. The van der Waals surface area contributed by atoms with Gasteiger partial charge in [0.05, 0.1) is 4.88 Å². The minimum Gasteiger partial charge on any atom is -0.348 e. The topological polar surface area (TPSA) is 55.1 Å². The molecule has 3 N–H and O–H groups in total. The fraction of sp³-hybridized carbons (Fsp3) is 0.706. The predicted molar refractivity (Wildman–Crippen MR) is 87.7 cm³/mol. The average Bonchev–Trinajstić information content (AvgIpc) is 2.89. The number of rotatable bonds is 3. The summed E-state index contributed by atoms with van der Waals surface area (Å²) in [5.74, 6) is 1.69. The lowest BCUT2D eigenvalue weighted by molar-refractivity contribution is 0.0758. The van der Waals surface area contributed by atoms with Crippen LogP contribution in [0.5, 0.6) is 0 Å². The zero-order valence-corrected chi connectivity index (χ0v) is 13.8. The minimum absolute atomic E-state index is 0.131. The van der Waals surface area contributed by atoms with E-state index in [1.165, 1.54) is 24.8 Å². The van der Waals surface area contributed by atoms with Crippen molar-refractivity contribution in [2.24, 2.45) is 17.6 Å². The van der Waals surface area contributed by atoms with E-state index in [4.69, 9.17) is 5.73 Å². The standard InChI is InChI=1S/C17H26N2OS/c1-10(2)14-6-7-21-16(14)17(20)19-15-11-4-3-5-12(15)9-13(18)8-11/h6-7,10-13,15H,3-5,8-9,18H2,1-2H3,(H,19,20). The summed E-state index contributed by atoms with van der Waals surface area (Å²) in [6.07, 6.45) is 5.88. The fourth-order valence-corrected chi connectivity index (χ4v) is 5.16. The second-order valence-electron chi connectivity index (χ2n) is 7.04. The second-order valence-corrected chi connectivity index (χ2v) is 7.96. The van der Waals surface area contributed by atoms with E-state index in [0.29, 0.717) is 29.8 Å². The highest BCUT2D eigenvalue weighted by atomic mass is 32.1. The number of fused-ring (bicyclic) bond motifs is 2. The molecule has 0 aromatic carbocycles. The summed E-state index contributed by atoms with van der Waals surface area (Å²) < 4.78 is 0. The molecule has 0 radical (unpaired) electrons. The van der Waals surface area contributed by atoms with Crippen LogP contribution < -0.4 is 11.1 Å². The molecule has 2 unspecified atom stereocenters. The molecule has 1 aromatic heterocycles. The zero-order chi connectivity index (χ0) is 15.0. The molecular formula is C17H26N2OS. The lowest BCUT2D eigenvalue weighted by Gasteiger charge is -2.45. The van der Waals surface area contributed by atoms with Gasteiger partial charge in [0.25, 0.3) is 5.91 Å². The first kappa shape index (κ1) is 15.0. The fourth-order valence-electron chi connectivity index (χ4n) is 4.20. The second kappa shape index (κ2) is 6.09. The number of thiophene rings is 1. The SMILES string of the molecule is CC(C)c1ccsc1C(=O)NC1C2CCCC1CC(N)C2. The summed E-state index contributed by atoms with van der Waals surface area (Å²) in [4.78, 5) is 13.6. The van der Waals surface area contributed by atoms with Crippen molar-refractivity contribution in [3.8, 4) is 0 Å². The van der Waals surface area contributed by atoms with Crippen molar-refractivity contribution in [3.05, 3.63) is 21.9 Å². The van der Waals surface area contributed by atoms with Gasteiger partial charge in [-0.2, -0.15) is 0 Å². The number of carbonyl (C=O) groups is 1. The van der Waals surface area contributed by atoms with E-state index >= 15 is 0 Å². The molecule has 116 valence electrons. The van der Waals surface area contributed by atoms with Crippen LogP contribution in [0.25, 0.3) is 0 Å². The van der Waals surface area contributed by atoms with Crippen LogP contribution in [0.15, 0.2) is 11.4 Å². The molecule has 3 rings (SSSR count). The number of nitrogens with two attached hydrogens (primary N) is 1. The van der Waals surface area contributed by atoms with Gasteiger partial charge in [0, 0.05) is 12.1 Å². The Labute approximate surface area is 131 Å². The summed E-state index contributed by atoms with van der Waals surface area (Å²) >= 11 is 1.57. The van der Waals surface area contributed by atoms with Crippen LogP contribution in [-0.2, 0) is 0 Å². The molecule has 2 fully saturated rings. The maximum Gasteiger partial charge on any atom is 0.261 e. The summed E-state index contributed by atoms with van der Waals surface area (Å²) in [5, 5.41) is 5.38. The third-order valence-corrected chi connectivity index (χ3v) is 6.13. The molecule has 2 bridgehead atoms. The van der Waals surface area contributed by atoms with Gasteiger partial charge in [0.15, 0.2) is 0 Å². The molecule has 21 heavy (non-hydrogen) atoms. The van der Waals surface area contributed by atoms with Gasteiger partial charge in [-0.3, -0.25) is 4.79 Å². The van der Waals surface area contributed by atoms with Crippen LogP contribution in [0.3, 0.4) is 0 Å². The molecule has 1 aromatic rings. The van der Waals surface area contributed by atoms with Crippen molar-refractivity contribution < 1.29 is 4.79 Å². The summed E-state index contributed by atoms with van der Waals surface area (Å²) in [6.45, 7) is 4.29. The maximum atomic E-state index is 12.7. The summed E-state index contributed by atoms with van der Waals surface area (Å²) in [6, 6.07) is 2.76. The maximum absolute atomic E-state index is 12.7. The van der Waals surface area contributed by atoms with Crippen LogP contribution in [-0.4, -0.2) is 18.0 Å². The van der Waals surface area contributed by atoms with Gasteiger partial charge < -0.3 is 11.1 Å². The molecule has 3 nitrogen and oxygen atoms in total. The van der Waals surface area contributed by atoms with Gasteiger partial charge in [-0.15, -0.1) is 11.3 Å². The number of amides is 1. The van der Waals surface area contributed by atoms with E-state index in [2.05, 4.69) is 25.2 Å². The van der Waals surface area contributed by atoms with Crippen LogP contribution >= 0.6 is 11.3 Å². The Hall–Kier alpha value is -0.870. The molecule has 2 aliphatic carbocycles. The Morgan fingerprint density at radius 3 is 2.62 bits per heavy atom. The molecule has 0 aliphatic heterocycles. The molecule has 1 heterocycles. The monoisotopic (exact) mass is 306 g/mol. The molecule has 2 aliphatic rings. The minimum atomic E-state index is 0.131. The van der Waals surface area contributed by atoms with Gasteiger partial charge >= 0.3 is 0 Å². The molecule has 2 saturated carbocycles. The number of nitrogens with one attached hydrogen (secondary N) is 1. The number of hydrogen-bond donors (Lipinski definition) is 2. The van der Waals surface area contributed by atoms with Gasteiger partial charge in [0.2, 0.25) is 0 Å². The van der Waals surface area contributed by atoms with E-state index in [9.17, 15) is 4.79 Å². The van der Waals surface area contributed by atoms with E-state index < -0.39 is 0 Å². The van der Waals surface area contributed by atoms with E-state index in [-0.39, 0.29) is 5.91 Å². The van der Waals surface area contributed by atoms with E-state index in [1.807, 2.05) is 5.38 Å². The smallest absolute Gasteiger partial charge is 0.261 e. The third-order valence-electron chi connectivity index (χ3n) is 5.20. The Balaban J connectivity index is 1.74. The van der Waals surface area contributed by atoms with Crippen LogP contribution in [0.2, 0.25) is 0 Å². The average molecular weight is 306 g/mol. The number of carbonyl (C=O) groups excluding carboxylic acids is 1. The Kier molecular flexibility index (Phi) is 4.36. The Morgan fingerprint density at radius 2 is 2.00 bits per heavy atom. The van der Waals surface area contributed by atoms with Gasteiger partial charge in [-0.05, 0) is 60.4 Å². The van der Waals surface area contributed by atoms with Crippen LogP contribution in [0.1, 0.15) is 67.1 Å². The van der Waals surface area contributed by atoms with Crippen LogP contribution in [0.4, 0.5) is 0 Å². The molecule has 2 atom stereocenters. The lowest BCUT2D eigenvalue weighted by Crippen LogP contribution is -2.53. The molecule has 0 saturated heterocycles. The molecule has 1 amide bonds. The van der Waals surface area contributed by atoms with Gasteiger partial charge in [-0.25, -0.2) is 0 Å². The lowest BCUT2D eigenvalue weighted by atomic mass is 9.67. The first-order chi connectivity index (χ1) is 10.1. The highest BCUT2D eigenvalue weighted by Crippen LogP contribution is 2.40. The first-order valence-electron chi connectivity index (χ1n) is 8.20. The molecular weight excluding hydrogens is 280 g/mol. The highest BCUT2D eigenvalue weighted by Gasteiger charge is 2.40. The Bertz CT molecular complexity index is 497. The Morgan fingerprint density at radius 1 is 1.33 bits per heavy atom. The first-order valence-corrected chi connectivity index (χ1v) is 9.08. The predicted octanol–water partition coefficient (Wildman–Crippen LogP) is 3.51. The normalized spacial score (nSPS) is 32.2. The van der Waals surface area contributed by atoms with Crippen molar-refractivity contribution in [2.75, 3.05) is 0 Å². The third kappa shape index (κ3) is 3.02. The largest absolute Gasteiger partial charge is 0.348 e. The van der Waals surface area contributed by atoms with Gasteiger partial charge in [0.1, 0.15) is 0 Å². The van der Waals surface area contributed by atoms with Crippen LogP contribution in [0, 0.1) is 11.8 Å². The van der Waals surface area contributed by atoms with Gasteiger partial charge in [-0.1, -0.05) is 20.3 Å². The molecule has 0 spiro atoms. The summed E-state index contributed by atoms with van der Waals surface area (Å²) in [5.41, 5.74) is 7.34. The van der Waals surface area contributed by atoms with Crippen molar-refractivity contribution in [3.63, 3.8) is 0 Å². The zero-order valence-electron chi connectivity index (χ0n) is 13.0. The van der Waals surface area contributed by atoms with Crippen molar-refractivity contribution in [1.82, 2.24) is 5.32 Å². The van der Waals surface area contributed by atoms with Crippen molar-refractivity contribution in [2.45, 2.75) is 64.0 Å². The quantitative estimate of drug-likeness (QED) is 0.898. The summed E-state index contributed by atoms with van der Waals surface area (Å²) in [7, 11) is 0. The van der Waals surface area contributed by atoms with E-state index in [1.54, 1.807) is 11.3 Å². The van der Waals surface area contributed by atoms with Crippen molar-refractivity contribution in [1.29, 1.82) is 0 Å². The van der Waals surface area contributed by atoms with E-state index in [0.717, 1.165) is 17.7 Å².